The van der Waals surface area contributed by atoms with E-state index in [1.54, 1.807) is 30.7 Å². The number of thiophene rings is 1. The molecule has 1 amide bonds. The van der Waals surface area contributed by atoms with Crippen molar-refractivity contribution >= 4 is 49.1 Å². The predicted molar refractivity (Wildman–Crippen MR) is 123 cm³/mol. The number of hydrogen-bond acceptors (Lipinski definition) is 5. The Morgan fingerprint density at radius 3 is 2.80 bits per heavy atom. The van der Waals surface area contributed by atoms with Gasteiger partial charge in [-0.25, -0.2) is 4.98 Å². The van der Waals surface area contributed by atoms with Crippen LogP contribution in [0.3, 0.4) is 0 Å². The highest BCUT2D eigenvalue weighted by molar-refractivity contribution is 9.10. The fraction of sp³-hybridized carbons (Fsp3) is 0.136. The van der Waals surface area contributed by atoms with Gasteiger partial charge in [0.25, 0.3) is 11.5 Å². The first-order valence-corrected chi connectivity index (χ1v) is 10.8. The van der Waals surface area contributed by atoms with Gasteiger partial charge in [-0.05, 0) is 42.3 Å². The summed E-state index contributed by atoms with van der Waals surface area (Å²) in [6.45, 7) is 2.18. The van der Waals surface area contributed by atoms with Gasteiger partial charge >= 0.3 is 0 Å². The summed E-state index contributed by atoms with van der Waals surface area (Å²) in [7, 11) is 1.55. The van der Waals surface area contributed by atoms with Crippen LogP contribution in [0.15, 0.2) is 64.1 Å². The van der Waals surface area contributed by atoms with Crippen LogP contribution in [0.25, 0.3) is 10.2 Å². The zero-order chi connectivity index (χ0) is 21.3. The second kappa shape index (κ2) is 8.41. The van der Waals surface area contributed by atoms with Crippen molar-refractivity contribution in [2.45, 2.75) is 13.5 Å². The number of fused-ring (bicyclic) bond motifs is 1. The lowest BCUT2D eigenvalue weighted by molar-refractivity contribution is 0.102. The Morgan fingerprint density at radius 2 is 2.03 bits per heavy atom. The summed E-state index contributed by atoms with van der Waals surface area (Å²) < 4.78 is 7.80. The maximum absolute atomic E-state index is 13.1. The molecule has 0 radical (unpaired) electrons. The van der Waals surface area contributed by atoms with Gasteiger partial charge in [0.2, 0.25) is 0 Å². The first kappa shape index (κ1) is 20.3. The molecule has 0 aliphatic heterocycles. The van der Waals surface area contributed by atoms with Gasteiger partial charge in [0, 0.05) is 4.47 Å². The zero-order valence-corrected chi connectivity index (χ0v) is 18.7. The number of nitrogens with zero attached hydrogens (tertiary/aromatic N) is 2. The van der Waals surface area contributed by atoms with Crippen molar-refractivity contribution in [3.05, 3.63) is 85.7 Å². The highest BCUT2D eigenvalue weighted by Gasteiger charge is 2.20. The van der Waals surface area contributed by atoms with E-state index in [1.165, 1.54) is 17.7 Å². The van der Waals surface area contributed by atoms with Crippen molar-refractivity contribution in [1.29, 1.82) is 0 Å². The summed E-state index contributed by atoms with van der Waals surface area (Å²) in [5.74, 6) is 0.275. The van der Waals surface area contributed by atoms with E-state index in [4.69, 9.17) is 4.74 Å². The van der Waals surface area contributed by atoms with Crippen molar-refractivity contribution in [2.75, 3.05) is 12.4 Å². The number of hydrogen-bond donors (Lipinski definition) is 1. The van der Waals surface area contributed by atoms with E-state index in [0.717, 1.165) is 10.0 Å². The number of anilines is 1. The number of halogens is 1. The molecule has 0 aliphatic carbocycles. The van der Waals surface area contributed by atoms with Crippen molar-refractivity contribution in [2.24, 2.45) is 0 Å². The molecule has 6 nitrogen and oxygen atoms in total. The van der Waals surface area contributed by atoms with Gasteiger partial charge in [-0.15, -0.1) is 11.3 Å². The molecule has 2 heterocycles. The quantitative estimate of drug-likeness (QED) is 0.440. The van der Waals surface area contributed by atoms with Crippen LogP contribution in [-0.4, -0.2) is 22.6 Å². The highest BCUT2D eigenvalue weighted by Crippen LogP contribution is 2.29. The molecule has 0 bridgehead atoms. The van der Waals surface area contributed by atoms with Crippen LogP contribution in [0.5, 0.6) is 5.75 Å². The summed E-state index contributed by atoms with van der Waals surface area (Å²) in [6, 6.07) is 15.0. The molecule has 2 aromatic heterocycles. The van der Waals surface area contributed by atoms with Crippen LogP contribution < -0.4 is 15.6 Å². The molecule has 0 saturated carbocycles. The van der Waals surface area contributed by atoms with Crippen LogP contribution in [0.4, 0.5) is 5.69 Å². The van der Waals surface area contributed by atoms with E-state index < -0.39 is 0 Å². The number of para-hydroxylation sites is 2. The minimum absolute atomic E-state index is 0.162. The molecule has 0 atom stereocenters. The Balaban J connectivity index is 1.69. The van der Waals surface area contributed by atoms with Gasteiger partial charge in [0.05, 0.1) is 35.9 Å². The summed E-state index contributed by atoms with van der Waals surface area (Å²) in [5, 5.41) is 3.34. The minimum atomic E-state index is -0.294. The molecule has 1 N–H and O–H groups in total. The Kier molecular flexibility index (Phi) is 5.69. The molecule has 4 rings (SSSR count). The molecule has 0 aliphatic rings. The molecule has 0 spiro atoms. The van der Waals surface area contributed by atoms with E-state index in [1.807, 2.05) is 36.4 Å². The van der Waals surface area contributed by atoms with Crippen LogP contribution in [0, 0.1) is 6.92 Å². The predicted octanol–water partition coefficient (Wildman–Crippen LogP) is 4.84. The molecular formula is C22H18BrN3O3S. The number of aromatic nitrogens is 2. The van der Waals surface area contributed by atoms with Crippen molar-refractivity contribution in [1.82, 2.24) is 9.55 Å². The Hall–Kier alpha value is -2.97. The molecule has 0 saturated heterocycles. The molecule has 2 aromatic carbocycles. The highest BCUT2D eigenvalue weighted by atomic mass is 79.9. The fourth-order valence-corrected chi connectivity index (χ4v) is 4.73. The van der Waals surface area contributed by atoms with Gasteiger partial charge in [0.15, 0.2) is 0 Å². The summed E-state index contributed by atoms with van der Waals surface area (Å²) in [5.41, 5.74) is 2.02. The lowest BCUT2D eigenvalue weighted by atomic mass is 10.2. The van der Waals surface area contributed by atoms with Crippen LogP contribution in [0.1, 0.15) is 20.8 Å². The molecule has 8 heteroatoms. The fourth-order valence-electron chi connectivity index (χ4n) is 3.25. The number of amides is 1. The standard InChI is InChI=1S/C22H18BrN3O3S/c1-13-18-21(24-12-26(22(18)28)11-14-6-5-7-15(23)10-14)30-19(13)20(27)25-16-8-3-4-9-17(16)29-2/h3-10,12H,11H2,1-2H3,(H,25,27). The number of methoxy groups -OCH3 is 1. The van der Waals surface area contributed by atoms with Gasteiger partial charge < -0.3 is 10.1 Å². The molecule has 0 fully saturated rings. The average molecular weight is 484 g/mol. The van der Waals surface area contributed by atoms with Crippen LogP contribution in [0.2, 0.25) is 0 Å². The third-order valence-electron chi connectivity index (χ3n) is 4.72. The molecule has 4 aromatic rings. The van der Waals surface area contributed by atoms with Gasteiger partial charge in [-0.1, -0.05) is 40.2 Å². The van der Waals surface area contributed by atoms with Gasteiger partial charge in [0.1, 0.15) is 10.6 Å². The second-order valence-corrected chi connectivity index (χ2v) is 8.61. The number of ether oxygens (including phenoxy) is 1. The molecule has 0 unspecified atom stereocenters. The number of nitrogens with one attached hydrogen (secondary N) is 1. The number of carbonyl (C=O) groups is 1. The molecular weight excluding hydrogens is 466 g/mol. The first-order chi connectivity index (χ1) is 14.5. The van der Waals surface area contributed by atoms with Crippen molar-refractivity contribution in [3.8, 4) is 5.75 Å². The smallest absolute Gasteiger partial charge is 0.266 e. The summed E-state index contributed by atoms with van der Waals surface area (Å²) in [6.07, 6.45) is 1.53. The van der Waals surface area contributed by atoms with E-state index in [2.05, 4.69) is 26.2 Å². The van der Waals surface area contributed by atoms with E-state index in [9.17, 15) is 9.59 Å². The average Bonchev–Trinajstić information content (AvgIpc) is 3.08. The Labute approximate surface area is 185 Å². The largest absolute Gasteiger partial charge is 0.495 e. The van der Waals surface area contributed by atoms with Gasteiger partial charge in [-0.2, -0.15) is 0 Å². The minimum Gasteiger partial charge on any atom is -0.495 e. The molecule has 152 valence electrons. The lowest BCUT2D eigenvalue weighted by Gasteiger charge is -2.09. The van der Waals surface area contributed by atoms with Gasteiger partial charge in [-0.3, -0.25) is 14.2 Å². The van der Waals surface area contributed by atoms with Crippen molar-refractivity contribution in [3.63, 3.8) is 0 Å². The summed E-state index contributed by atoms with van der Waals surface area (Å²) >= 11 is 4.66. The number of rotatable bonds is 5. The zero-order valence-electron chi connectivity index (χ0n) is 16.3. The van der Waals surface area contributed by atoms with Crippen LogP contribution in [-0.2, 0) is 6.54 Å². The van der Waals surface area contributed by atoms with Crippen molar-refractivity contribution < 1.29 is 9.53 Å². The maximum Gasteiger partial charge on any atom is 0.266 e. The third kappa shape index (κ3) is 3.88. The number of carbonyl (C=O) groups excluding carboxylic acids is 1. The normalized spacial score (nSPS) is 10.9. The summed E-state index contributed by atoms with van der Waals surface area (Å²) in [4.78, 5) is 31.4. The topological polar surface area (TPSA) is 73.2 Å². The number of aryl methyl sites for hydroxylation is 1. The lowest BCUT2D eigenvalue weighted by Crippen LogP contribution is -2.21. The monoisotopic (exact) mass is 483 g/mol. The van der Waals surface area contributed by atoms with E-state index in [-0.39, 0.29) is 11.5 Å². The third-order valence-corrected chi connectivity index (χ3v) is 6.41. The Morgan fingerprint density at radius 1 is 1.23 bits per heavy atom. The molecule has 30 heavy (non-hydrogen) atoms. The van der Waals surface area contributed by atoms with Crippen LogP contribution >= 0.6 is 27.3 Å². The number of benzene rings is 2. The second-order valence-electron chi connectivity index (χ2n) is 6.70. The van der Waals surface area contributed by atoms with E-state index in [0.29, 0.717) is 38.6 Å². The maximum atomic E-state index is 13.1. The van der Waals surface area contributed by atoms with E-state index >= 15 is 0 Å². The Bertz CT molecular complexity index is 1310. The first-order valence-electron chi connectivity index (χ1n) is 9.15. The SMILES string of the molecule is COc1ccccc1NC(=O)c1sc2ncn(Cc3cccc(Br)c3)c(=O)c2c1C.